The van der Waals surface area contributed by atoms with Crippen molar-refractivity contribution in [2.75, 3.05) is 12.3 Å². The van der Waals surface area contributed by atoms with Crippen molar-refractivity contribution >= 4 is 11.7 Å². The first-order chi connectivity index (χ1) is 11.8. The Morgan fingerprint density at radius 3 is 2.60 bits per heavy atom. The number of anilines is 1. The van der Waals surface area contributed by atoms with Gasteiger partial charge in [-0.3, -0.25) is 4.79 Å². The summed E-state index contributed by atoms with van der Waals surface area (Å²) in [5.41, 5.74) is 4.59. The number of halogens is 3. The molecule has 2 aromatic rings. The summed E-state index contributed by atoms with van der Waals surface area (Å²) in [7, 11) is 0. The van der Waals surface area contributed by atoms with Crippen LogP contribution in [0.4, 0.5) is 19.0 Å². The second-order valence-corrected chi connectivity index (χ2v) is 5.74. The third-order valence-electron chi connectivity index (χ3n) is 4.09. The minimum Gasteiger partial charge on any atom is -0.391 e. The number of carbonyl (C=O) groups excluding carboxylic acids is 1. The first kappa shape index (κ1) is 17.2. The van der Waals surface area contributed by atoms with Crippen LogP contribution in [0.1, 0.15) is 34.1 Å². The standard InChI is InChI=1S/C16H15F3N4O2/c17-16(18,19)11-4-2-1-3-10(11)12-7-9(24)8-23(12)15(25)13-14(20)22-6-5-21-13/h1-6,9,12,24H,7-8H2,(H2,20,22)/t9-,12-/m0/s1. The van der Waals surface area contributed by atoms with E-state index in [0.29, 0.717) is 0 Å². The normalized spacial score (nSPS) is 20.7. The predicted molar refractivity (Wildman–Crippen MR) is 82.3 cm³/mol. The first-order valence-electron chi connectivity index (χ1n) is 7.50. The molecule has 1 aromatic carbocycles. The SMILES string of the molecule is Nc1nccnc1C(=O)N1C[C@@H](O)C[C@H]1c1ccccc1C(F)(F)F. The van der Waals surface area contributed by atoms with Crippen LogP contribution < -0.4 is 5.73 Å². The number of hydrogen-bond donors (Lipinski definition) is 2. The Balaban J connectivity index is 2.02. The fourth-order valence-electron chi connectivity index (χ4n) is 3.03. The van der Waals surface area contributed by atoms with Gasteiger partial charge in [-0.25, -0.2) is 9.97 Å². The number of aliphatic hydroxyl groups excluding tert-OH is 1. The summed E-state index contributed by atoms with van der Waals surface area (Å²) in [6.07, 6.45) is -2.92. The van der Waals surface area contributed by atoms with Crippen LogP contribution in [0.3, 0.4) is 0 Å². The summed E-state index contributed by atoms with van der Waals surface area (Å²) in [5.74, 6) is -0.777. The molecule has 2 heterocycles. The van der Waals surface area contributed by atoms with Crippen molar-refractivity contribution in [2.45, 2.75) is 24.7 Å². The van der Waals surface area contributed by atoms with Crippen LogP contribution >= 0.6 is 0 Å². The van der Waals surface area contributed by atoms with Crippen molar-refractivity contribution < 1.29 is 23.1 Å². The van der Waals surface area contributed by atoms with Crippen molar-refractivity contribution in [3.8, 4) is 0 Å². The van der Waals surface area contributed by atoms with Gasteiger partial charge in [0.05, 0.1) is 17.7 Å². The maximum atomic E-state index is 13.3. The van der Waals surface area contributed by atoms with Gasteiger partial charge in [-0.15, -0.1) is 0 Å². The van der Waals surface area contributed by atoms with Crippen molar-refractivity contribution in [1.82, 2.24) is 14.9 Å². The largest absolute Gasteiger partial charge is 0.416 e. The molecule has 1 amide bonds. The monoisotopic (exact) mass is 352 g/mol. The van der Waals surface area contributed by atoms with E-state index in [4.69, 9.17) is 5.73 Å². The van der Waals surface area contributed by atoms with Gasteiger partial charge in [0.2, 0.25) is 0 Å². The molecule has 1 aromatic heterocycles. The predicted octanol–water partition coefficient (Wildman–Crippen LogP) is 2.03. The number of benzene rings is 1. The van der Waals surface area contributed by atoms with Gasteiger partial charge in [-0.1, -0.05) is 18.2 Å². The number of alkyl halides is 3. The lowest BCUT2D eigenvalue weighted by molar-refractivity contribution is -0.138. The van der Waals surface area contributed by atoms with Crippen LogP contribution in [-0.4, -0.2) is 38.5 Å². The lowest BCUT2D eigenvalue weighted by Gasteiger charge is -2.27. The Morgan fingerprint density at radius 2 is 1.92 bits per heavy atom. The summed E-state index contributed by atoms with van der Waals surface area (Å²) in [4.78, 5) is 21.5. The van der Waals surface area contributed by atoms with Crippen LogP contribution in [0, 0.1) is 0 Å². The molecule has 1 aliphatic rings. The molecule has 3 N–H and O–H groups in total. The highest BCUT2D eigenvalue weighted by molar-refractivity contribution is 5.96. The van der Waals surface area contributed by atoms with E-state index in [1.165, 1.54) is 30.6 Å². The molecule has 1 saturated heterocycles. The molecule has 9 heteroatoms. The third kappa shape index (κ3) is 3.27. The van der Waals surface area contributed by atoms with Crippen LogP contribution in [0.2, 0.25) is 0 Å². The van der Waals surface area contributed by atoms with Gasteiger partial charge in [0.15, 0.2) is 11.5 Å². The molecule has 1 fully saturated rings. The van der Waals surface area contributed by atoms with Gasteiger partial charge in [-0.05, 0) is 18.1 Å². The van der Waals surface area contributed by atoms with E-state index in [2.05, 4.69) is 9.97 Å². The van der Waals surface area contributed by atoms with Gasteiger partial charge < -0.3 is 15.7 Å². The van der Waals surface area contributed by atoms with Gasteiger partial charge in [0, 0.05) is 18.9 Å². The number of nitrogens with two attached hydrogens (primary N) is 1. The number of carbonyl (C=O) groups is 1. The maximum absolute atomic E-state index is 13.3. The molecule has 3 rings (SSSR count). The maximum Gasteiger partial charge on any atom is 0.416 e. The van der Waals surface area contributed by atoms with Crippen LogP contribution in [-0.2, 0) is 6.18 Å². The number of β-amino-alcohol motifs (C(OH)–C–C–N with tert-alkyl or cyclic N) is 1. The third-order valence-corrected chi connectivity index (χ3v) is 4.09. The zero-order valence-electron chi connectivity index (χ0n) is 12.9. The lowest BCUT2D eigenvalue weighted by Crippen LogP contribution is -2.33. The highest BCUT2D eigenvalue weighted by Crippen LogP contribution is 2.40. The average molecular weight is 352 g/mol. The van der Waals surface area contributed by atoms with Gasteiger partial charge >= 0.3 is 6.18 Å². The molecule has 0 saturated carbocycles. The average Bonchev–Trinajstić information content (AvgIpc) is 2.96. The summed E-state index contributed by atoms with van der Waals surface area (Å²) in [6, 6.07) is 4.09. The zero-order chi connectivity index (χ0) is 18.2. The Labute approximate surface area is 141 Å². The quantitative estimate of drug-likeness (QED) is 0.863. The Kier molecular flexibility index (Phi) is 4.34. The Morgan fingerprint density at radius 1 is 1.24 bits per heavy atom. The number of amides is 1. The molecule has 0 radical (unpaired) electrons. The number of likely N-dealkylation sites (tertiary alicyclic amines) is 1. The van der Waals surface area contributed by atoms with E-state index in [-0.39, 0.29) is 30.0 Å². The van der Waals surface area contributed by atoms with E-state index >= 15 is 0 Å². The zero-order valence-corrected chi connectivity index (χ0v) is 12.9. The Bertz CT molecular complexity index is 797. The molecule has 0 unspecified atom stereocenters. The highest BCUT2D eigenvalue weighted by Gasteiger charge is 2.42. The van der Waals surface area contributed by atoms with Crippen molar-refractivity contribution in [2.24, 2.45) is 0 Å². The van der Waals surface area contributed by atoms with E-state index in [0.717, 1.165) is 11.0 Å². The molecule has 0 bridgehead atoms. The molecule has 0 aliphatic carbocycles. The number of aliphatic hydroxyl groups is 1. The van der Waals surface area contributed by atoms with Crippen LogP contribution in [0.25, 0.3) is 0 Å². The van der Waals surface area contributed by atoms with Crippen LogP contribution in [0.5, 0.6) is 0 Å². The van der Waals surface area contributed by atoms with Crippen molar-refractivity contribution in [1.29, 1.82) is 0 Å². The molecule has 132 valence electrons. The minimum absolute atomic E-state index is 0.000992. The fraction of sp³-hybridized carbons (Fsp3) is 0.312. The second kappa shape index (κ2) is 6.32. The number of hydrogen-bond acceptors (Lipinski definition) is 5. The van der Waals surface area contributed by atoms with E-state index in [9.17, 15) is 23.1 Å². The van der Waals surface area contributed by atoms with Gasteiger partial charge in [0.25, 0.3) is 5.91 Å². The summed E-state index contributed by atoms with van der Waals surface area (Å²) < 4.78 is 39.9. The van der Waals surface area contributed by atoms with E-state index in [1.54, 1.807) is 0 Å². The topological polar surface area (TPSA) is 92.3 Å². The highest BCUT2D eigenvalue weighted by atomic mass is 19.4. The number of nitrogens with zero attached hydrogens (tertiary/aromatic N) is 3. The number of aromatic nitrogens is 2. The second-order valence-electron chi connectivity index (χ2n) is 5.74. The van der Waals surface area contributed by atoms with Crippen LogP contribution in [0.15, 0.2) is 36.7 Å². The molecular formula is C16H15F3N4O2. The summed E-state index contributed by atoms with van der Waals surface area (Å²) >= 11 is 0. The van der Waals surface area contributed by atoms with E-state index < -0.39 is 29.8 Å². The molecule has 0 spiro atoms. The number of rotatable bonds is 2. The molecule has 1 aliphatic heterocycles. The Hall–Kier alpha value is -2.68. The van der Waals surface area contributed by atoms with Crippen molar-refractivity contribution in [3.63, 3.8) is 0 Å². The molecule has 6 nitrogen and oxygen atoms in total. The first-order valence-corrected chi connectivity index (χ1v) is 7.50. The smallest absolute Gasteiger partial charge is 0.391 e. The molecule has 25 heavy (non-hydrogen) atoms. The van der Waals surface area contributed by atoms with E-state index in [1.807, 2.05) is 0 Å². The van der Waals surface area contributed by atoms with Gasteiger partial charge in [-0.2, -0.15) is 13.2 Å². The molecular weight excluding hydrogens is 337 g/mol. The summed E-state index contributed by atoms with van der Waals surface area (Å²) in [6.45, 7) is -0.105. The van der Waals surface area contributed by atoms with Gasteiger partial charge in [0.1, 0.15) is 0 Å². The summed E-state index contributed by atoms with van der Waals surface area (Å²) in [5, 5.41) is 9.95. The fourth-order valence-corrected chi connectivity index (χ4v) is 3.03. The molecule has 2 atom stereocenters. The lowest BCUT2D eigenvalue weighted by atomic mass is 9.97. The number of nitrogen functional groups attached to an aromatic ring is 1. The van der Waals surface area contributed by atoms with Crippen molar-refractivity contribution in [3.05, 3.63) is 53.5 Å². The minimum atomic E-state index is -4.57.